The molecular weight excluding hydrogens is 462 g/mol. The Labute approximate surface area is 212 Å². The van der Waals surface area contributed by atoms with Crippen LogP contribution in [0.5, 0.6) is 17.2 Å². The van der Waals surface area contributed by atoms with E-state index in [4.69, 9.17) is 18.9 Å². The van der Waals surface area contributed by atoms with Crippen molar-refractivity contribution >= 4 is 17.4 Å². The van der Waals surface area contributed by atoms with Crippen molar-refractivity contribution < 1.29 is 33.6 Å². The van der Waals surface area contributed by atoms with Crippen LogP contribution < -0.4 is 14.2 Å². The number of ether oxygens (including phenoxy) is 4. The van der Waals surface area contributed by atoms with Crippen LogP contribution in [0.2, 0.25) is 0 Å². The number of benzene rings is 2. The molecule has 1 heterocycles. The molecule has 3 rings (SSSR count). The van der Waals surface area contributed by atoms with E-state index in [9.17, 15) is 14.7 Å². The normalized spacial score (nSPS) is 16.9. The summed E-state index contributed by atoms with van der Waals surface area (Å²) in [7, 11) is 1.58. The second-order valence-corrected chi connectivity index (χ2v) is 8.28. The predicted octanol–water partition coefficient (Wildman–Crippen LogP) is 4.73. The number of aliphatic hydroxyl groups is 1. The van der Waals surface area contributed by atoms with Gasteiger partial charge in [0.2, 0.25) is 0 Å². The number of hydrogen-bond donors (Lipinski definition) is 1. The van der Waals surface area contributed by atoms with Crippen LogP contribution in [0.3, 0.4) is 0 Å². The van der Waals surface area contributed by atoms with Crippen molar-refractivity contribution in [2.45, 2.75) is 39.7 Å². The number of aliphatic hydroxyl groups excluding tert-OH is 1. The van der Waals surface area contributed by atoms with Gasteiger partial charge in [-0.2, -0.15) is 0 Å². The third-order valence-corrected chi connectivity index (χ3v) is 5.77. The first kappa shape index (κ1) is 27.1. The SMILES string of the molecule is CCCOc1ccc(C(O)=C2C(=O)C(=O)N(CCCOC)C2c2ccc(OCC)c(OCC)c2)cc1. The molecule has 1 unspecified atom stereocenters. The molecule has 0 aliphatic carbocycles. The number of nitrogens with zero attached hydrogens (tertiary/aromatic N) is 1. The van der Waals surface area contributed by atoms with Gasteiger partial charge in [-0.1, -0.05) is 13.0 Å². The number of likely N-dealkylation sites (tertiary alicyclic amines) is 1. The van der Waals surface area contributed by atoms with Gasteiger partial charge in [0.25, 0.3) is 11.7 Å². The van der Waals surface area contributed by atoms with Crippen LogP contribution in [0, 0.1) is 0 Å². The lowest BCUT2D eigenvalue weighted by molar-refractivity contribution is -0.140. The molecule has 0 bridgehead atoms. The van der Waals surface area contributed by atoms with E-state index in [1.165, 1.54) is 4.90 Å². The van der Waals surface area contributed by atoms with Crippen molar-refractivity contribution in [3.63, 3.8) is 0 Å². The molecule has 0 saturated carbocycles. The summed E-state index contributed by atoms with van der Waals surface area (Å²) in [6, 6.07) is 11.4. The fourth-order valence-corrected chi connectivity index (χ4v) is 4.16. The maximum Gasteiger partial charge on any atom is 0.295 e. The van der Waals surface area contributed by atoms with Crippen molar-refractivity contribution in [1.29, 1.82) is 0 Å². The van der Waals surface area contributed by atoms with Crippen LogP contribution in [0.1, 0.15) is 50.8 Å². The molecule has 1 fully saturated rings. The van der Waals surface area contributed by atoms with Crippen LogP contribution in [0.25, 0.3) is 5.76 Å². The molecule has 36 heavy (non-hydrogen) atoms. The summed E-state index contributed by atoms with van der Waals surface area (Å²) < 4.78 is 22.2. The minimum absolute atomic E-state index is 0.0336. The minimum Gasteiger partial charge on any atom is -0.507 e. The minimum atomic E-state index is -0.784. The quantitative estimate of drug-likeness (QED) is 0.185. The highest BCUT2D eigenvalue weighted by Crippen LogP contribution is 2.42. The average Bonchev–Trinajstić information content (AvgIpc) is 3.14. The molecule has 1 N–H and O–H groups in total. The largest absolute Gasteiger partial charge is 0.507 e. The zero-order chi connectivity index (χ0) is 26.1. The van der Waals surface area contributed by atoms with Gasteiger partial charge in [0.05, 0.1) is 31.4 Å². The van der Waals surface area contributed by atoms with Crippen LogP contribution in [0.15, 0.2) is 48.0 Å². The van der Waals surface area contributed by atoms with Gasteiger partial charge in [0.15, 0.2) is 11.5 Å². The van der Waals surface area contributed by atoms with Gasteiger partial charge < -0.3 is 29.0 Å². The third-order valence-electron chi connectivity index (χ3n) is 5.77. The lowest BCUT2D eigenvalue weighted by atomic mass is 9.95. The van der Waals surface area contributed by atoms with Gasteiger partial charge in [-0.3, -0.25) is 9.59 Å². The van der Waals surface area contributed by atoms with Crippen LogP contribution >= 0.6 is 0 Å². The Morgan fingerprint density at radius 3 is 2.25 bits per heavy atom. The van der Waals surface area contributed by atoms with Crippen LogP contribution in [-0.2, 0) is 14.3 Å². The molecule has 2 aromatic carbocycles. The summed E-state index contributed by atoms with van der Waals surface area (Å²) in [5, 5.41) is 11.3. The van der Waals surface area contributed by atoms with E-state index < -0.39 is 17.7 Å². The monoisotopic (exact) mass is 497 g/mol. The van der Waals surface area contributed by atoms with Gasteiger partial charge in [-0.05, 0) is 68.7 Å². The van der Waals surface area contributed by atoms with E-state index in [2.05, 4.69) is 0 Å². The number of carbonyl (C=O) groups excluding carboxylic acids is 2. The lowest BCUT2D eigenvalue weighted by Crippen LogP contribution is -2.31. The first-order valence-electron chi connectivity index (χ1n) is 12.4. The van der Waals surface area contributed by atoms with E-state index in [1.807, 2.05) is 20.8 Å². The maximum atomic E-state index is 13.2. The molecule has 1 aliphatic rings. The Morgan fingerprint density at radius 1 is 0.917 bits per heavy atom. The van der Waals surface area contributed by atoms with E-state index in [0.717, 1.165) is 6.42 Å². The van der Waals surface area contributed by atoms with Gasteiger partial charge in [0.1, 0.15) is 11.5 Å². The Bertz CT molecular complexity index is 1080. The van der Waals surface area contributed by atoms with Crippen LogP contribution in [-0.4, -0.2) is 61.8 Å². The molecule has 1 amide bonds. The third kappa shape index (κ3) is 5.99. The Morgan fingerprint density at radius 2 is 1.61 bits per heavy atom. The first-order valence-corrected chi connectivity index (χ1v) is 12.4. The van der Waals surface area contributed by atoms with E-state index in [-0.39, 0.29) is 11.3 Å². The predicted molar refractivity (Wildman–Crippen MR) is 137 cm³/mol. The van der Waals surface area contributed by atoms with Gasteiger partial charge >= 0.3 is 0 Å². The molecule has 8 heteroatoms. The molecule has 8 nitrogen and oxygen atoms in total. The van der Waals surface area contributed by atoms with Crippen molar-refractivity contribution in [2.75, 3.05) is 40.1 Å². The molecular formula is C28H35NO7. The first-order chi connectivity index (χ1) is 17.5. The Kier molecular flexibility index (Phi) is 9.76. The van der Waals surface area contributed by atoms with Gasteiger partial charge in [-0.15, -0.1) is 0 Å². The lowest BCUT2D eigenvalue weighted by Gasteiger charge is -2.26. The molecule has 1 aliphatic heterocycles. The molecule has 0 spiro atoms. The summed E-state index contributed by atoms with van der Waals surface area (Å²) >= 11 is 0. The molecule has 0 aromatic heterocycles. The zero-order valence-electron chi connectivity index (χ0n) is 21.4. The smallest absolute Gasteiger partial charge is 0.295 e. The number of hydrogen-bond acceptors (Lipinski definition) is 7. The summed E-state index contributed by atoms with van der Waals surface area (Å²) in [6.45, 7) is 7.96. The Balaban J connectivity index is 2.09. The molecule has 194 valence electrons. The number of rotatable bonds is 13. The molecule has 0 radical (unpaired) electrons. The number of ketones is 1. The van der Waals surface area contributed by atoms with Crippen LogP contribution in [0.4, 0.5) is 0 Å². The highest BCUT2D eigenvalue weighted by molar-refractivity contribution is 6.46. The summed E-state index contributed by atoms with van der Waals surface area (Å²) in [4.78, 5) is 27.8. The van der Waals surface area contributed by atoms with E-state index >= 15 is 0 Å². The van der Waals surface area contributed by atoms with Crippen molar-refractivity contribution in [3.8, 4) is 17.2 Å². The molecule has 2 aromatic rings. The fourth-order valence-electron chi connectivity index (χ4n) is 4.16. The van der Waals surface area contributed by atoms with E-state index in [0.29, 0.717) is 67.8 Å². The Hall–Kier alpha value is -3.52. The van der Waals surface area contributed by atoms with E-state index in [1.54, 1.807) is 49.6 Å². The van der Waals surface area contributed by atoms with Crippen molar-refractivity contribution in [2.24, 2.45) is 0 Å². The van der Waals surface area contributed by atoms with Gasteiger partial charge in [0, 0.05) is 25.8 Å². The summed E-state index contributed by atoms with van der Waals surface area (Å²) in [5.41, 5.74) is 1.10. The topological polar surface area (TPSA) is 94.5 Å². The van der Waals surface area contributed by atoms with Crippen molar-refractivity contribution in [1.82, 2.24) is 4.90 Å². The maximum absolute atomic E-state index is 13.2. The molecule has 1 atom stereocenters. The number of carbonyl (C=O) groups is 2. The van der Waals surface area contributed by atoms with Crippen molar-refractivity contribution in [3.05, 3.63) is 59.2 Å². The summed E-state index contributed by atoms with van der Waals surface area (Å²) in [5.74, 6) is 0.124. The fraction of sp³-hybridized carbons (Fsp3) is 0.429. The molecule has 1 saturated heterocycles. The number of methoxy groups -OCH3 is 1. The van der Waals surface area contributed by atoms with Gasteiger partial charge in [-0.25, -0.2) is 0 Å². The highest BCUT2D eigenvalue weighted by Gasteiger charge is 2.46. The average molecular weight is 498 g/mol. The number of Topliss-reactive ketones (excluding diaryl/α,β-unsaturated/α-hetero) is 1. The highest BCUT2D eigenvalue weighted by atomic mass is 16.5. The second-order valence-electron chi connectivity index (χ2n) is 8.28. The second kappa shape index (κ2) is 13.0. The zero-order valence-corrected chi connectivity index (χ0v) is 21.4. The number of amides is 1. The standard InChI is InChI=1S/C28H35NO7/c1-5-16-36-21-12-9-19(10-13-21)26(30)24-25(29(15-8-17-33-4)28(32)27(24)31)20-11-14-22(34-6-2)23(18-20)35-7-3/h9-14,18,25,30H,5-8,15-17H2,1-4H3. The summed E-state index contributed by atoms with van der Waals surface area (Å²) in [6.07, 6.45) is 1.42.